The van der Waals surface area contributed by atoms with E-state index in [4.69, 9.17) is 0 Å². The van der Waals surface area contributed by atoms with Gasteiger partial charge >= 0.3 is 0 Å². The van der Waals surface area contributed by atoms with Gasteiger partial charge < -0.3 is 4.98 Å². The molecule has 25 heavy (non-hydrogen) atoms. The summed E-state index contributed by atoms with van der Waals surface area (Å²) < 4.78 is 0. The summed E-state index contributed by atoms with van der Waals surface area (Å²) >= 11 is 1.85. The van der Waals surface area contributed by atoms with Gasteiger partial charge in [-0.1, -0.05) is 0 Å². The first-order chi connectivity index (χ1) is 12.1. The first-order valence-corrected chi connectivity index (χ1v) is 9.07. The number of hydrogen-bond acceptors (Lipinski definition) is 6. The van der Waals surface area contributed by atoms with Crippen LogP contribution in [0.25, 0.3) is 11.4 Å². The molecule has 0 amide bonds. The Bertz CT molecular complexity index is 944. The van der Waals surface area contributed by atoms with Gasteiger partial charge in [0.2, 0.25) is 0 Å². The molecule has 0 spiro atoms. The van der Waals surface area contributed by atoms with Crippen LogP contribution in [0.1, 0.15) is 26.6 Å². The molecule has 0 unspecified atom stereocenters. The van der Waals surface area contributed by atoms with Crippen LogP contribution >= 0.6 is 11.3 Å². The molecule has 1 aliphatic rings. The summed E-state index contributed by atoms with van der Waals surface area (Å²) in [5.74, 6) is 0.536. The normalized spacial score (nSPS) is 14.5. The summed E-state index contributed by atoms with van der Waals surface area (Å²) in [6.07, 6.45) is 5.52. The van der Waals surface area contributed by atoms with Gasteiger partial charge in [-0.25, -0.2) is 15.0 Å². The van der Waals surface area contributed by atoms with Gasteiger partial charge in [0, 0.05) is 47.3 Å². The van der Waals surface area contributed by atoms with Crippen molar-refractivity contribution in [1.82, 2.24) is 24.8 Å². The number of aryl methyl sites for hydroxylation is 2. The van der Waals surface area contributed by atoms with E-state index in [1.165, 1.54) is 21.6 Å². The first kappa shape index (κ1) is 16.1. The summed E-state index contributed by atoms with van der Waals surface area (Å²) in [6.45, 7) is 6.77. The lowest BCUT2D eigenvalue weighted by molar-refractivity contribution is 0.242. The molecule has 7 heteroatoms. The highest BCUT2D eigenvalue weighted by atomic mass is 32.1. The van der Waals surface area contributed by atoms with E-state index in [0.717, 1.165) is 36.3 Å². The van der Waals surface area contributed by atoms with Crippen molar-refractivity contribution in [2.24, 2.45) is 0 Å². The van der Waals surface area contributed by atoms with Gasteiger partial charge in [0.15, 0.2) is 0 Å². The minimum Gasteiger partial charge on any atom is -0.306 e. The number of rotatable bonds is 3. The van der Waals surface area contributed by atoms with Crippen LogP contribution in [0.3, 0.4) is 0 Å². The summed E-state index contributed by atoms with van der Waals surface area (Å²) in [5, 5.41) is 0. The average Bonchev–Trinajstić information content (AvgIpc) is 2.92. The monoisotopic (exact) mass is 353 g/mol. The lowest BCUT2D eigenvalue weighted by atomic mass is 10.1. The fourth-order valence-electron chi connectivity index (χ4n) is 3.13. The molecule has 0 fully saturated rings. The maximum absolute atomic E-state index is 12.4. The van der Waals surface area contributed by atoms with Crippen LogP contribution in [0.4, 0.5) is 0 Å². The molecular formula is C18H19N5OS. The molecule has 0 aromatic carbocycles. The highest BCUT2D eigenvalue weighted by Crippen LogP contribution is 2.24. The van der Waals surface area contributed by atoms with Crippen molar-refractivity contribution in [3.63, 3.8) is 0 Å². The van der Waals surface area contributed by atoms with E-state index >= 15 is 0 Å². The molecule has 4 rings (SSSR count). The fourth-order valence-corrected chi connectivity index (χ4v) is 4.23. The van der Waals surface area contributed by atoms with Gasteiger partial charge in [0.25, 0.3) is 5.56 Å². The summed E-state index contributed by atoms with van der Waals surface area (Å²) in [7, 11) is 0. The van der Waals surface area contributed by atoms with Crippen molar-refractivity contribution in [1.29, 1.82) is 0 Å². The zero-order valence-corrected chi connectivity index (χ0v) is 15.1. The van der Waals surface area contributed by atoms with Crippen LogP contribution in [0.2, 0.25) is 0 Å². The largest absolute Gasteiger partial charge is 0.306 e. The summed E-state index contributed by atoms with van der Waals surface area (Å²) in [4.78, 5) is 33.1. The number of nitrogens with one attached hydrogen (secondary N) is 1. The minimum atomic E-state index is -0.0497. The molecule has 128 valence electrons. The second-order valence-corrected chi connectivity index (χ2v) is 7.72. The third kappa shape index (κ3) is 3.25. The average molecular weight is 353 g/mol. The van der Waals surface area contributed by atoms with Gasteiger partial charge in [0.1, 0.15) is 12.2 Å². The summed E-state index contributed by atoms with van der Waals surface area (Å²) in [5.41, 5.74) is 3.68. The molecule has 4 heterocycles. The number of thiophene rings is 1. The topological polar surface area (TPSA) is 74.8 Å². The first-order valence-electron chi connectivity index (χ1n) is 8.26. The van der Waals surface area contributed by atoms with Gasteiger partial charge in [-0.05, 0) is 31.9 Å². The number of aromatic amines is 1. The molecule has 1 N–H and O–H groups in total. The van der Waals surface area contributed by atoms with Gasteiger partial charge in [0.05, 0.1) is 11.3 Å². The molecule has 6 nitrogen and oxygen atoms in total. The second kappa shape index (κ2) is 6.50. The van der Waals surface area contributed by atoms with E-state index in [-0.39, 0.29) is 5.56 Å². The number of aromatic nitrogens is 4. The molecule has 3 aromatic rings. The molecule has 0 bridgehead atoms. The maximum atomic E-state index is 12.4. The van der Waals surface area contributed by atoms with Crippen LogP contribution in [0, 0.1) is 13.8 Å². The van der Waals surface area contributed by atoms with Gasteiger partial charge in [-0.2, -0.15) is 0 Å². The number of nitrogens with zero attached hydrogens (tertiary/aromatic N) is 4. The molecule has 0 atom stereocenters. The van der Waals surface area contributed by atoms with E-state index in [2.05, 4.69) is 44.7 Å². The van der Waals surface area contributed by atoms with E-state index in [0.29, 0.717) is 12.4 Å². The molecular weight excluding hydrogens is 334 g/mol. The third-order valence-electron chi connectivity index (χ3n) is 4.58. The number of hydrogen-bond donors (Lipinski definition) is 1. The van der Waals surface area contributed by atoms with Crippen molar-refractivity contribution in [2.45, 2.75) is 33.4 Å². The Kier molecular flexibility index (Phi) is 4.19. The Morgan fingerprint density at radius 3 is 2.80 bits per heavy atom. The van der Waals surface area contributed by atoms with Crippen molar-refractivity contribution in [2.75, 3.05) is 6.54 Å². The van der Waals surface area contributed by atoms with E-state index in [9.17, 15) is 4.79 Å². The van der Waals surface area contributed by atoms with Crippen LogP contribution in [0.15, 0.2) is 29.6 Å². The van der Waals surface area contributed by atoms with Crippen LogP contribution in [-0.2, 0) is 19.5 Å². The Labute approximate surface area is 149 Å². The number of H-pyrrole nitrogens is 1. The Hall–Kier alpha value is -2.38. The Morgan fingerprint density at radius 1 is 1.28 bits per heavy atom. The molecule has 0 saturated carbocycles. The lowest BCUT2D eigenvalue weighted by Crippen LogP contribution is -2.34. The zero-order chi connectivity index (χ0) is 17.4. The van der Waals surface area contributed by atoms with E-state index in [1.54, 1.807) is 12.4 Å². The fraction of sp³-hybridized carbons (Fsp3) is 0.333. The van der Waals surface area contributed by atoms with E-state index in [1.807, 2.05) is 11.3 Å². The van der Waals surface area contributed by atoms with Gasteiger partial charge in [-0.15, -0.1) is 11.3 Å². The Morgan fingerprint density at radius 2 is 2.08 bits per heavy atom. The molecule has 0 aliphatic carbocycles. The van der Waals surface area contributed by atoms with Crippen molar-refractivity contribution < 1.29 is 0 Å². The smallest absolute Gasteiger partial charge is 0.254 e. The Balaban J connectivity index is 1.61. The minimum absolute atomic E-state index is 0.0497. The highest BCUT2D eigenvalue weighted by molar-refractivity contribution is 7.12. The van der Waals surface area contributed by atoms with Crippen LogP contribution in [-0.4, -0.2) is 31.4 Å². The van der Waals surface area contributed by atoms with Crippen LogP contribution < -0.4 is 5.56 Å². The molecule has 0 radical (unpaired) electrons. The molecule has 3 aromatic heterocycles. The second-order valence-electron chi connectivity index (χ2n) is 6.38. The quantitative estimate of drug-likeness (QED) is 0.783. The van der Waals surface area contributed by atoms with Gasteiger partial charge in [-0.3, -0.25) is 9.69 Å². The predicted octanol–water partition coefficient (Wildman–Crippen LogP) is 2.46. The van der Waals surface area contributed by atoms with Crippen LogP contribution in [0.5, 0.6) is 0 Å². The SMILES string of the molecule is Cc1cc(CN2CCc3c(nc(-c4cncnc4)[nH]c3=O)C2)sc1C. The molecule has 0 saturated heterocycles. The zero-order valence-electron chi connectivity index (χ0n) is 14.2. The maximum Gasteiger partial charge on any atom is 0.254 e. The number of fused-ring (bicyclic) bond motifs is 1. The third-order valence-corrected chi connectivity index (χ3v) is 5.72. The van der Waals surface area contributed by atoms with Crippen molar-refractivity contribution >= 4 is 11.3 Å². The van der Waals surface area contributed by atoms with Crippen molar-refractivity contribution in [3.05, 3.63) is 61.7 Å². The summed E-state index contributed by atoms with van der Waals surface area (Å²) in [6, 6.07) is 2.26. The molecule has 1 aliphatic heterocycles. The van der Waals surface area contributed by atoms with Crippen molar-refractivity contribution in [3.8, 4) is 11.4 Å². The highest BCUT2D eigenvalue weighted by Gasteiger charge is 2.22. The predicted molar refractivity (Wildman–Crippen MR) is 97.5 cm³/mol. The van der Waals surface area contributed by atoms with E-state index < -0.39 is 0 Å². The standard InChI is InChI=1S/C18H19N5OS/c1-11-5-14(25-12(11)2)8-23-4-3-15-16(9-23)21-17(22-18(15)24)13-6-19-10-20-7-13/h5-7,10H,3-4,8-9H2,1-2H3,(H,21,22,24). The lowest BCUT2D eigenvalue weighted by Gasteiger charge is -2.27.